The molecule has 2 aliphatic rings. The van der Waals surface area contributed by atoms with Gasteiger partial charge < -0.3 is 10.2 Å². The molecule has 2 rings (SSSR count). The highest BCUT2D eigenvalue weighted by atomic mass is 32.2. The van der Waals surface area contributed by atoms with Crippen molar-refractivity contribution in [2.24, 2.45) is 5.92 Å². The van der Waals surface area contributed by atoms with E-state index in [1.807, 2.05) is 0 Å². The summed E-state index contributed by atoms with van der Waals surface area (Å²) in [7, 11) is 0. The Labute approximate surface area is 84.4 Å². The SMILES string of the molecule is CC1=C(C(=O)O)N2C(=O)C(CO)[C@@H]2S1. The van der Waals surface area contributed by atoms with Crippen LogP contribution in [-0.2, 0) is 9.59 Å². The van der Waals surface area contributed by atoms with Crippen LogP contribution in [0, 0.1) is 5.92 Å². The zero-order valence-electron chi connectivity index (χ0n) is 7.43. The number of carboxylic acids is 1. The molecule has 5 nitrogen and oxygen atoms in total. The summed E-state index contributed by atoms with van der Waals surface area (Å²) in [4.78, 5) is 24.1. The third kappa shape index (κ3) is 1.01. The maximum atomic E-state index is 11.4. The molecule has 76 valence electrons. The second-order valence-corrected chi connectivity index (χ2v) is 4.55. The minimum Gasteiger partial charge on any atom is -0.477 e. The van der Waals surface area contributed by atoms with Gasteiger partial charge in [-0.3, -0.25) is 9.69 Å². The molecule has 0 aromatic heterocycles. The van der Waals surface area contributed by atoms with Crippen LogP contribution in [0.4, 0.5) is 0 Å². The number of aliphatic hydroxyl groups is 1. The van der Waals surface area contributed by atoms with Crippen LogP contribution in [-0.4, -0.2) is 39.0 Å². The monoisotopic (exact) mass is 215 g/mol. The first-order valence-corrected chi connectivity index (χ1v) is 5.00. The van der Waals surface area contributed by atoms with Gasteiger partial charge in [-0.2, -0.15) is 0 Å². The van der Waals surface area contributed by atoms with E-state index >= 15 is 0 Å². The van der Waals surface area contributed by atoms with Crippen molar-refractivity contribution in [3.8, 4) is 0 Å². The van der Waals surface area contributed by atoms with Crippen LogP contribution in [0.25, 0.3) is 0 Å². The number of thioether (sulfide) groups is 1. The normalized spacial score (nSPS) is 30.4. The largest absolute Gasteiger partial charge is 0.477 e. The number of carbonyl (C=O) groups excluding carboxylic acids is 1. The molecule has 0 saturated carbocycles. The van der Waals surface area contributed by atoms with E-state index in [1.54, 1.807) is 6.92 Å². The molecule has 2 aliphatic heterocycles. The molecule has 0 radical (unpaired) electrons. The average Bonchev–Trinajstić information content (AvgIpc) is 2.40. The van der Waals surface area contributed by atoms with Gasteiger partial charge in [-0.05, 0) is 6.92 Å². The van der Waals surface area contributed by atoms with Gasteiger partial charge in [0.15, 0.2) is 0 Å². The number of nitrogens with zero attached hydrogens (tertiary/aromatic N) is 1. The fourth-order valence-corrected chi connectivity index (χ4v) is 3.07. The number of hydrogen-bond donors (Lipinski definition) is 2. The molecule has 6 heteroatoms. The third-order valence-corrected chi connectivity index (χ3v) is 3.75. The minimum absolute atomic E-state index is 0.0645. The highest BCUT2D eigenvalue weighted by molar-refractivity contribution is 8.04. The molecule has 0 aromatic carbocycles. The Morgan fingerprint density at radius 3 is 2.79 bits per heavy atom. The van der Waals surface area contributed by atoms with Crippen LogP contribution in [0.2, 0.25) is 0 Å². The van der Waals surface area contributed by atoms with Crippen LogP contribution < -0.4 is 0 Å². The summed E-state index contributed by atoms with van der Waals surface area (Å²) in [6.07, 6.45) is 0. The van der Waals surface area contributed by atoms with Gasteiger partial charge in [0.05, 0.1) is 12.5 Å². The van der Waals surface area contributed by atoms with E-state index in [2.05, 4.69) is 0 Å². The highest BCUT2D eigenvalue weighted by Gasteiger charge is 2.54. The molecular weight excluding hydrogens is 206 g/mol. The molecule has 0 aliphatic carbocycles. The number of β-lactam (4-membered cyclic amide) rings is 1. The van der Waals surface area contributed by atoms with Gasteiger partial charge in [0.25, 0.3) is 0 Å². The van der Waals surface area contributed by atoms with E-state index in [0.717, 1.165) is 0 Å². The standard InChI is InChI=1S/C8H9NO4S/c1-3-5(8(12)13)9-6(11)4(2-10)7(9)14-3/h4,7,10H,2H2,1H3,(H,12,13)/t4?,7-/m0/s1. The molecule has 0 bridgehead atoms. The summed E-state index contributed by atoms with van der Waals surface area (Å²) < 4.78 is 0. The van der Waals surface area contributed by atoms with E-state index in [4.69, 9.17) is 10.2 Å². The Kier molecular flexibility index (Phi) is 2.04. The van der Waals surface area contributed by atoms with Crippen LogP contribution in [0.5, 0.6) is 0 Å². The first kappa shape index (κ1) is 9.54. The summed E-state index contributed by atoms with van der Waals surface area (Å²) in [5.74, 6) is -1.81. The van der Waals surface area contributed by atoms with Gasteiger partial charge in [-0.15, -0.1) is 11.8 Å². The Balaban J connectivity index is 2.27. The summed E-state index contributed by atoms with van der Waals surface area (Å²) in [5, 5.41) is 17.5. The van der Waals surface area contributed by atoms with Crippen molar-refractivity contribution in [1.29, 1.82) is 0 Å². The van der Waals surface area contributed by atoms with Gasteiger partial charge in [0.1, 0.15) is 11.1 Å². The van der Waals surface area contributed by atoms with Crippen LogP contribution in [0.3, 0.4) is 0 Å². The second kappa shape index (κ2) is 2.99. The fraction of sp³-hybridized carbons (Fsp3) is 0.500. The lowest BCUT2D eigenvalue weighted by Gasteiger charge is -2.41. The van der Waals surface area contributed by atoms with E-state index in [0.29, 0.717) is 4.91 Å². The van der Waals surface area contributed by atoms with Crippen molar-refractivity contribution in [2.45, 2.75) is 12.3 Å². The number of aliphatic hydroxyl groups excluding tert-OH is 1. The predicted molar refractivity (Wildman–Crippen MR) is 49.1 cm³/mol. The second-order valence-electron chi connectivity index (χ2n) is 3.22. The first-order chi connectivity index (χ1) is 6.57. The zero-order valence-corrected chi connectivity index (χ0v) is 8.24. The van der Waals surface area contributed by atoms with Crippen LogP contribution >= 0.6 is 11.8 Å². The van der Waals surface area contributed by atoms with E-state index in [9.17, 15) is 9.59 Å². The summed E-state index contributed by atoms with van der Waals surface area (Å²) in [5.41, 5.74) is 0.0645. The maximum Gasteiger partial charge on any atom is 0.353 e. The number of fused-ring (bicyclic) bond motifs is 1. The van der Waals surface area contributed by atoms with Gasteiger partial charge >= 0.3 is 5.97 Å². The Hall–Kier alpha value is -1.01. The van der Waals surface area contributed by atoms with Gasteiger partial charge in [0, 0.05) is 4.91 Å². The zero-order chi connectivity index (χ0) is 10.5. The molecule has 2 N–H and O–H groups in total. The van der Waals surface area contributed by atoms with E-state index in [1.165, 1.54) is 16.7 Å². The van der Waals surface area contributed by atoms with Gasteiger partial charge in [-0.25, -0.2) is 4.79 Å². The van der Waals surface area contributed by atoms with Crippen molar-refractivity contribution in [1.82, 2.24) is 4.90 Å². The van der Waals surface area contributed by atoms with Crippen molar-refractivity contribution in [3.05, 3.63) is 10.6 Å². The number of carbonyl (C=O) groups is 2. The molecule has 2 atom stereocenters. The summed E-state index contributed by atoms with van der Waals surface area (Å²) >= 11 is 1.33. The number of hydrogen-bond acceptors (Lipinski definition) is 4. The summed E-state index contributed by atoms with van der Waals surface area (Å²) in [6, 6.07) is 0. The lowest BCUT2D eigenvalue weighted by molar-refractivity contribution is -0.153. The van der Waals surface area contributed by atoms with E-state index in [-0.39, 0.29) is 23.6 Å². The number of amides is 1. The van der Waals surface area contributed by atoms with Gasteiger partial charge in [-0.1, -0.05) is 0 Å². The Bertz CT molecular complexity index is 351. The Morgan fingerprint density at radius 1 is 1.64 bits per heavy atom. The fourth-order valence-electron chi connectivity index (χ4n) is 1.72. The highest BCUT2D eigenvalue weighted by Crippen LogP contribution is 2.48. The Morgan fingerprint density at radius 2 is 2.29 bits per heavy atom. The van der Waals surface area contributed by atoms with E-state index < -0.39 is 11.9 Å². The molecule has 1 saturated heterocycles. The number of allylic oxidation sites excluding steroid dienone is 1. The third-order valence-electron chi connectivity index (χ3n) is 2.42. The molecule has 0 aromatic rings. The molecular formula is C8H9NO4S. The number of aliphatic carboxylic acids is 1. The number of rotatable bonds is 2. The average molecular weight is 215 g/mol. The maximum absolute atomic E-state index is 11.4. The van der Waals surface area contributed by atoms with Crippen molar-refractivity contribution in [3.63, 3.8) is 0 Å². The van der Waals surface area contributed by atoms with Gasteiger partial charge in [0.2, 0.25) is 5.91 Å². The lowest BCUT2D eigenvalue weighted by Crippen LogP contribution is -2.58. The van der Waals surface area contributed by atoms with Crippen LogP contribution in [0.1, 0.15) is 6.92 Å². The summed E-state index contributed by atoms with van der Waals surface area (Å²) in [6.45, 7) is 1.46. The van der Waals surface area contributed by atoms with Crippen LogP contribution in [0.15, 0.2) is 10.6 Å². The molecule has 1 fully saturated rings. The van der Waals surface area contributed by atoms with Crippen molar-refractivity contribution in [2.75, 3.05) is 6.61 Å². The molecule has 1 unspecified atom stereocenters. The smallest absolute Gasteiger partial charge is 0.353 e. The van der Waals surface area contributed by atoms with Crippen molar-refractivity contribution < 1.29 is 19.8 Å². The lowest BCUT2D eigenvalue weighted by atomic mass is 9.98. The number of carboxylic acid groups (broad SMARTS) is 1. The predicted octanol–water partition coefficient (Wildman–Crippen LogP) is -0.174. The molecule has 14 heavy (non-hydrogen) atoms. The molecule has 2 heterocycles. The quantitative estimate of drug-likeness (QED) is 0.625. The topological polar surface area (TPSA) is 77.8 Å². The minimum atomic E-state index is -1.08. The first-order valence-electron chi connectivity index (χ1n) is 4.12. The molecule has 0 spiro atoms. The molecule has 1 amide bonds. The van der Waals surface area contributed by atoms with Crippen molar-refractivity contribution >= 4 is 23.6 Å².